The maximum absolute atomic E-state index is 12.0. The second kappa shape index (κ2) is 6.05. The number of hydrogen-bond acceptors (Lipinski definition) is 5. The zero-order valence-corrected chi connectivity index (χ0v) is 14.6. The molecule has 0 radical (unpaired) electrons. The smallest absolute Gasteiger partial charge is 0.437 e. The first-order valence-electron chi connectivity index (χ1n) is 6.36. The van der Waals surface area contributed by atoms with E-state index in [4.69, 9.17) is 9.47 Å². The molecule has 1 aromatic heterocycles. The number of rotatable bonds is 1. The molecule has 8 heteroatoms. The van der Waals surface area contributed by atoms with Gasteiger partial charge >= 0.3 is 12.2 Å². The van der Waals surface area contributed by atoms with E-state index in [9.17, 15) is 9.59 Å². The topological polar surface area (TPSA) is 82.5 Å². The van der Waals surface area contributed by atoms with Gasteiger partial charge in [-0.25, -0.2) is 9.59 Å². The lowest BCUT2D eigenvalue weighted by molar-refractivity contribution is 0.0517. The van der Waals surface area contributed by atoms with Crippen LogP contribution in [0.1, 0.15) is 41.5 Å². The highest BCUT2D eigenvalue weighted by molar-refractivity contribution is 9.10. The number of carbonyl (C=O) groups excluding carboxylic acids is 2. The summed E-state index contributed by atoms with van der Waals surface area (Å²) in [6.45, 7) is 10.5. The number of carbonyl (C=O) groups is 2. The van der Waals surface area contributed by atoms with Crippen LogP contribution in [0.5, 0.6) is 0 Å². The van der Waals surface area contributed by atoms with Crippen molar-refractivity contribution in [2.75, 3.05) is 5.32 Å². The van der Waals surface area contributed by atoms with E-state index in [1.807, 2.05) is 0 Å². The van der Waals surface area contributed by atoms with Crippen molar-refractivity contribution in [3.63, 3.8) is 0 Å². The van der Waals surface area contributed by atoms with Crippen molar-refractivity contribution in [1.82, 2.24) is 9.78 Å². The molecule has 0 aliphatic rings. The van der Waals surface area contributed by atoms with Gasteiger partial charge in [0.1, 0.15) is 21.6 Å². The molecule has 0 atom stereocenters. The van der Waals surface area contributed by atoms with Gasteiger partial charge < -0.3 is 9.47 Å². The van der Waals surface area contributed by atoms with Crippen molar-refractivity contribution in [2.24, 2.45) is 0 Å². The standard InChI is InChI=1S/C13H20BrN3O4/c1-12(2,3)20-10(18)15-9-7-8(14)16-17(9)11(19)21-13(4,5)6/h7H,1-6H3,(H,15,18). The molecule has 1 rings (SSSR count). The van der Waals surface area contributed by atoms with Gasteiger partial charge in [-0.2, -0.15) is 5.10 Å². The Morgan fingerprint density at radius 3 is 2.14 bits per heavy atom. The van der Waals surface area contributed by atoms with Crippen LogP contribution in [0.25, 0.3) is 0 Å². The fraction of sp³-hybridized carbons (Fsp3) is 0.615. The van der Waals surface area contributed by atoms with E-state index >= 15 is 0 Å². The Labute approximate surface area is 132 Å². The molecule has 0 aliphatic carbocycles. The lowest BCUT2D eigenvalue weighted by Crippen LogP contribution is -2.31. The number of nitrogens with zero attached hydrogens (tertiary/aromatic N) is 2. The molecule has 0 aliphatic heterocycles. The van der Waals surface area contributed by atoms with E-state index < -0.39 is 23.4 Å². The Hall–Kier alpha value is -1.57. The third-order valence-corrected chi connectivity index (χ3v) is 2.26. The second-order valence-corrected chi connectivity index (χ2v) is 7.18. The Kier molecular flexibility index (Phi) is 5.03. The number of amides is 1. The van der Waals surface area contributed by atoms with E-state index in [1.165, 1.54) is 6.07 Å². The van der Waals surface area contributed by atoms with Crippen LogP contribution in [0.15, 0.2) is 10.7 Å². The van der Waals surface area contributed by atoms with Gasteiger partial charge in [0.2, 0.25) is 0 Å². The van der Waals surface area contributed by atoms with Crippen LogP contribution in [0.4, 0.5) is 15.4 Å². The molecule has 0 aromatic carbocycles. The molecule has 21 heavy (non-hydrogen) atoms. The third-order valence-electron chi connectivity index (χ3n) is 1.87. The van der Waals surface area contributed by atoms with Crippen LogP contribution in [-0.4, -0.2) is 33.2 Å². The quantitative estimate of drug-likeness (QED) is 0.822. The average molecular weight is 362 g/mol. The van der Waals surface area contributed by atoms with Gasteiger partial charge in [-0.15, -0.1) is 4.68 Å². The molecule has 0 unspecified atom stereocenters. The molecule has 118 valence electrons. The summed E-state index contributed by atoms with van der Waals surface area (Å²) < 4.78 is 11.7. The lowest BCUT2D eigenvalue weighted by Gasteiger charge is -2.21. The van der Waals surface area contributed by atoms with Crippen LogP contribution < -0.4 is 5.32 Å². The highest BCUT2D eigenvalue weighted by Crippen LogP contribution is 2.19. The monoisotopic (exact) mass is 361 g/mol. The van der Waals surface area contributed by atoms with E-state index in [1.54, 1.807) is 41.5 Å². The SMILES string of the molecule is CC(C)(C)OC(=O)Nc1cc(Br)nn1C(=O)OC(C)(C)C. The van der Waals surface area contributed by atoms with Crippen molar-refractivity contribution in [3.05, 3.63) is 10.7 Å². The number of anilines is 1. The molecule has 1 amide bonds. The van der Waals surface area contributed by atoms with Crippen molar-refractivity contribution >= 4 is 33.9 Å². The van der Waals surface area contributed by atoms with Crippen LogP contribution >= 0.6 is 15.9 Å². The molecule has 0 fully saturated rings. The minimum Gasteiger partial charge on any atom is -0.444 e. The Bertz CT molecular complexity index is 541. The lowest BCUT2D eigenvalue weighted by atomic mass is 10.2. The number of ether oxygens (including phenoxy) is 2. The van der Waals surface area contributed by atoms with Gasteiger partial charge in [0.25, 0.3) is 0 Å². The highest BCUT2D eigenvalue weighted by atomic mass is 79.9. The Balaban J connectivity index is 2.90. The minimum absolute atomic E-state index is 0.158. The highest BCUT2D eigenvalue weighted by Gasteiger charge is 2.24. The summed E-state index contributed by atoms with van der Waals surface area (Å²) in [5, 5.41) is 6.40. The van der Waals surface area contributed by atoms with Gasteiger partial charge in [-0.1, -0.05) is 0 Å². The average Bonchev–Trinajstić information content (AvgIpc) is 2.53. The Morgan fingerprint density at radius 2 is 1.67 bits per heavy atom. The van der Waals surface area contributed by atoms with Gasteiger partial charge in [0.15, 0.2) is 0 Å². The van der Waals surface area contributed by atoms with Crippen LogP contribution in [0.2, 0.25) is 0 Å². The number of hydrogen-bond donors (Lipinski definition) is 1. The predicted molar refractivity (Wildman–Crippen MR) is 81.4 cm³/mol. The van der Waals surface area contributed by atoms with Crippen molar-refractivity contribution < 1.29 is 19.1 Å². The van der Waals surface area contributed by atoms with E-state index in [0.29, 0.717) is 4.60 Å². The molecular formula is C13H20BrN3O4. The molecule has 0 saturated heterocycles. The summed E-state index contributed by atoms with van der Waals surface area (Å²) in [5.74, 6) is 0.158. The first kappa shape index (κ1) is 17.5. The molecular weight excluding hydrogens is 342 g/mol. The van der Waals surface area contributed by atoms with Crippen molar-refractivity contribution in [2.45, 2.75) is 52.7 Å². The molecule has 0 saturated carbocycles. The van der Waals surface area contributed by atoms with Crippen molar-refractivity contribution in [1.29, 1.82) is 0 Å². The molecule has 1 aromatic rings. The second-order valence-electron chi connectivity index (χ2n) is 6.37. The Morgan fingerprint density at radius 1 is 1.14 bits per heavy atom. The van der Waals surface area contributed by atoms with E-state index in [-0.39, 0.29) is 5.82 Å². The van der Waals surface area contributed by atoms with Crippen molar-refractivity contribution in [3.8, 4) is 0 Å². The fourth-order valence-electron chi connectivity index (χ4n) is 1.29. The molecule has 1 heterocycles. The molecule has 7 nitrogen and oxygen atoms in total. The van der Waals surface area contributed by atoms with Crippen LogP contribution in [0, 0.1) is 0 Å². The number of aromatic nitrogens is 2. The summed E-state index contributed by atoms with van der Waals surface area (Å²) in [5.41, 5.74) is -1.31. The first-order chi connectivity index (χ1) is 9.37. The van der Waals surface area contributed by atoms with Crippen LogP contribution in [-0.2, 0) is 9.47 Å². The fourth-order valence-corrected chi connectivity index (χ4v) is 1.67. The maximum atomic E-state index is 12.0. The molecule has 0 bridgehead atoms. The number of nitrogens with one attached hydrogen (secondary N) is 1. The third kappa shape index (κ3) is 6.16. The molecule has 0 spiro atoms. The maximum Gasteiger partial charge on any atom is 0.437 e. The molecule has 1 N–H and O–H groups in total. The summed E-state index contributed by atoms with van der Waals surface area (Å²) in [6.07, 6.45) is -1.38. The largest absolute Gasteiger partial charge is 0.444 e. The van der Waals surface area contributed by atoms with Crippen LogP contribution in [0.3, 0.4) is 0 Å². The summed E-state index contributed by atoms with van der Waals surface area (Å²) >= 11 is 3.15. The first-order valence-corrected chi connectivity index (χ1v) is 7.15. The minimum atomic E-state index is -0.695. The van der Waals surface area contributed by atoms with Gasteiger partial charge in [-0.3, -0.25) is 5.32 Å². The van der Waals surface area contributed by atoms with E-state index in [0.717, 1.165) is 4.68 Å². The van der Waals surface area contributed by atoms with E-state index in [2.05, 4.69) is 26.3 Å². The normalized spacial score (nSPS) is 12.0. The van der Waals surface area contributed by atoms with Gasteiger partial charge in [0, 0.05) is 6.07 Å². The summed E-state index contributed by atoms with van der Waals surface area (Å²) in [6, 6.07) is 1.48. The number of halogens is 1. The summed E-state index contributed by atoms with van der Waals surface area (Å²) in [4.78, 5) is 23.8. The zero-order valence-electron chi connectivity index (χ0n) is 13.0. The summed E-state index contributed by atoms with van der Waals surface area (Å²) in [7, 11) is 0. The van der Waals surface area contributed by atoms with Gasteiger partial charge in [0.05, 0.1) is 0 Å². The predicted octanol–water partition coefficient (Wildman–Crippen LogP) is 3.78. The van der Waals surface area contributed by atoms with Gasteiger partial charge in [-0.05, 0) is 57.5 Å². The zero-order chi connectivity index (χ0) is 16.4.